The van der Waals surface area contributed by atoms with E-state index in [0.29, 0.717) is 6.04 Å². The van der Waals surface area contributed by atoms with Gasteiger partial charge in [0.25, 0.3) is 0 Å². The van der Waals surface area contributed by atoms with Gasteiger partial charge in [-0.25, -0.2) is 4.98 Å². The Morgan fingerprint density at radius 1 is 1.25 bits per heavy atom. The van der Waals surface area contributed by atoms with Gasteiger partial charge >= 0.3 is 0 Å². The van der Waals surface area contributed by atoms with Crippen LogP contribution in [0.15, 0.2) is 24.3 Å². The highest BCUT2D eigenvalue weighted by molar-refractivity contribution is 7.18. The van der Waals surface area contributed by atoms with Crippen molar-refractivity contribution >= 4 is 21.6 Å². The monoisotopic (exact) mass is 341 g/mol. The Morgan fingerprint density at radius 3 is 2.96 bits per heavy atom. The van der Waals surface area contributed by atoms with Crippen LogP contribution in [0.5, 0.6) is 0 Å². The molecule has 24 heavy (non-hydrogen) atoms. The second kappa shape index (κ2) is 6.61. The number of hydrogen-bond acceptors (Lipinski definition) is 5. The Bertz CT molecular complexity index is 804. The summed E-state index contributed by atoms with van der Waals surface area (Å²) in [4.78, 5) is 7.41. The van der Waals surface area contributed by atoms with E-state index in [-0.39, 0.29) is 0 Å². The summed E-state index contributed by atoms with van der Waals surface area (Å²) in [5.74, 6) is 2.10. The summed E-state index contributed by atoms with van der Waals surface area (Å²) < 4.78 is 3.54. The second-order valence-corrected chi connectivity index (χ2v) is 7.53. The van der Waals surface area contributed by atoms with Crippen molar-refractivity contribution in [3.05, 3.63) is 40.9 Å². The molecule has 0 unspecified atom stereocenters. The van der Waals surface area contributed by atoms with E-state index < -0.39 is 0 Å². The van der Waals surface area contributed by atoms with E-state index in [1.165, 1.54) is 22.5 Å². The van der Waals surface area contributed by atoms with Crippen LogP contribution >= 0.6 is 11.3 Å². The van der Waals surface area contributed by atoms with Crippen LogP contribution in [0.25, 0.3) is 10.2 Å². The quantitative estimate of drug-likeness (QED) is 0.705. The molecule has 0 amide bonds. The molecule has 0 saturated carbocycles. The summed E-state index contributed by atoms with van der Waals surface area (Å²) in [5.41, 5.74) is 1.12. The molecule has 1 fully saturated rings. The number of aromatic nitrogens is 4. The molecule has 126 valence electrons. The minimum absolute atomic E-state index is 0.412. The third-order valence-electron chi connectivity index (χ3n) is 4.76. The van der Waals surface area contributed by atoms with Gasteiger partial charge in [-0.3, -0.25) is 4.90 Å². The van der Waals surface area contributed by atoms with E-state index in [2.05, 4.69) is 50.9 Å². The Hall–Kier alpha value is -1.79. The van der Waals surface area contributed by atoms with Crippen molar-refractivity contribution in [3.63, 3.8) is 0 Å². The van der Waals surface area contributed by atoms with Gasteiger partial charge in [-0.1, -0.05) is 19.1 Å². The lowest BCUT2D eigenvalue weighted by molar-refractivity contribution is 0.238. The summed E-state index contributed by atoms with van der Waals surface area (Å²) in [7, 11) is 0. The maximum absolute atomic E-state index is 4.88. The molecular weight excluding hydrogens is 318 g/mol. The molecule has 2 aromatic heterocycles. The van der Waals surface area contributed by atoms with Crippen LogP contribution in [0.3, 0.4) is 0 Å². The largest absolute Gasteiger partial charge is 0.314 e. The average Bonchev–Trinajstić information content (AvgIpc) is 3.29. The molecule has 0 N–H and O–H groups in total. The molecule has 6 heteroatoms. The zero-order valence-electron chi connectivity index (χ0n) is 14.3. The Kier molecular flexibility index (Phi) is 4.33. The number of hydrogen-bond donors (Lipinski definition) is 0. The van der Waals surface area contributed by atoms with Crippen molar-refractivity contribution in [2.24, 2.45) is 0 Å². The molecule has 0 spiro atoms. The highest BCUT2D eigenvalue weighted by Gasteiger charge is 2.30. The van der Waals surface area contributed by atoms with Crippen molar-refractivity contribution in [3.8, 4) is 0 Å². The van der Waals surface area contributed by atoms with Gasteiger partial charge in [-0.2, -0.15) is 0 Å². The fourth-order valence-electron chi connectivity index (χ4n) is 3.57. The number of rotatable bonds is 5. The lowest BCUT2D eigenvalue weighted by Crippen LogP contribution is -2.25. The first-order chi connectivity index (χ1) is 11.8. The number of nitrogens with zero attached hydrogens (tertiary/aromatic N) is 5. The number of fused-ring (bicyclic) bond motifs is 1. The fraction of sp³-hybridized carbons (Fsp3) is 0.500. The number of thiazole rings is 1. The van der Waals surface area contributed by atoms with Crippen LogP contribution in [0, 0.1) is 6.92 Å². The molecule has 0 radical (unpaired) electrons. The average molecular weight is 341 g/mol. The maximum atomic E-state index is 4.88. The summed E-state index contributed by atoms with van der Waals surface area (Å²) in [5, 5.41) is 9.95. The van der Waals surface area contributed by atoms with Gasteiger partial charge in [0.05, 0.1) is 22.8 Å². The topological polar surface area (TPSA) is 46.8 Å². The first-order valence-corrected chi connectivity index (χ1v) is 9.56. The van der Waals surface area contributed by atoms with Crippen molar-refractivity contribution in [1.29, 1.82) is 0 Å². The minimum atomic E-state index is 0.412. The van der Waals surface area contributed by atoms with Gasteiger partial charge in [0.2, 0.25) is 0 Å². The molecule has 0 bridgehead atoms. The SMILES string of the molecule is CCCn1c(C)nnc1CN1CCC[C@@H]1c1nc2ccccc2s1. The summed E-state index contributed by atoms with van der Waals surface area (Å²) in [6.45, 7) is 7.21. The van der Waals surface area contributed by atoms with Crippen LogP contribution in [0.1, 0.15) is 48.9 Å². The van der Waals surface area contributed by atoms with Gasteiger partial charge in [0.15, 0.2) is 0 Å². The molecule has 4 rings (SSSR count). The van der Waals surface area contributed by atoms with Crippen LogP contribution in [0.2, 0.25) is 0 Å². The van der Waals surface area contributed by atoms with Crippen molar-refractivity contribution in [2.45, 2.75) is 52.2 Å². The predicted molar refractivity (Wildman–Crippen MR) is 97.1 cm³/mol. The van der Waals surface area contributed by atoms with E-state index in [4.69, 9.17) is 4.98 Å². The normalized spacial score (nSPS) is 18.7. The Morgan fingerprint density at radius 2 is 2.12 bits per heavy atom. The molecule has 1 aliphatic rings. The molecular formula is C18H23N5S. The van der Waals surface area contributed by atoms with E-state index >= 15 is 0 Å². The molecule has 3 aromatic rings. The Labute approximate surface area is 146 Å². The van der Waals surface area contributed by atoms with Crippen LogP contribution in [0.4, 0.5) is 0 Å². The number of para-hydroxylation sites is 1. The Balaban J connectivity index is 1.59. The summed E-state index contributed by atoms with van der Waals surface area (Å²) >= 11 is 1.83. The standard InChI is InChI=1S/C18H23N5S/c1-3-10-23-13(2)20-21-17(23)12-22-11-6-8-15(22)18-19-14-7-4-5-9-16(14)24-18/h4-5,7,9,15H,3,6,8,10-12H2,1-2H3/t15-/m1/s1. The highest BCUT2D eigenvalue weighted by Crippen LogP contribution is 2.37. The molecule has 1 aromatic carbocycles. The molecule has 1 aliphatic heterocycles. The molecule has 1 atom stereocenters. The van der Waals surface area contributed by atoms with Gasteiger partial charge in [0.1, 0.15) is 16.7 Å². The summed E-state index contributed by atoms with van der Waals surface area (Å²) in [6.07, 6.45) is 3.51. The predicted octanol–water partition coefficient (Wildman–Crippen LogP) is 3.94. The van der Waals surface area contributed by atoms with Gasteiger partial charge in [0, 0.05) is 6.54 Å². The third kappa shape index (κ3) is 2.84. The zero-order chi connectivity index (χ0) is 16.5. The van der Waals surface area contributed by atoms with E-state index in [1.807, 2.05) is 18.3 Å². The molecule has 5 nitrogen and oxygen atoms in total. The number of likely N-dealkylation sites (tertiary alicyclic amines) is 1. The van der Waals surface area contributed by atoms with E-state index in [0.717, 1.165) is 43.2 Å². The lowest BCUT2D eigenvalue weighted by atomic mass is 10.2. The molecule has 3 heterocycles. The van der Waals surface area contributed by atoms with Crippen LogP contribution < -0.4 is 0 Å². The van der Waals surface area contributed by atoms with Crippen LogP contribution in [-0.2, 0) is 13.1 Å². The number of benzene rings is 1. The molecule has 1 saturated heterocycles. The smallest absolute Gasteiger partial charge is 0.147 e. The van der Waals surface area contributed by atoms with Crippen LogP contribution in [-0.4, -0.2) is 31.2 Å². The third-order valence-corrected chi connectivity index (χ3v) is 5.90. The van der Waals surface area contributed by atoms with Crippen molar-refractivity contribution in [1.82, 2.24) is 24.6 Å². The minimum Gasteiger partial charge on any atom is -0.314 e. The first kappa shape index (κ1) is 15.7. The van der Waals surface area contributed by atoms with Crippen molar-refractivity contribution in [2.75, 3.05) is 6.54 Å². The van der Waals surface area contributed by atoms with Gasteiger partial charge < -0.3 is 4.57 Å². The van der Waals surface area contributed by atoms with Gasteiger partial charge in [-0.05, 0) is 44.9 Å². The maximum Gasteiger partial charge on any atom is 0.147 e. The number of aryl methyl sites for hydroxylation is 1. The zero-order valence-corrected chi connectivity index (χ0v) is 15.1. The highest BCUT2D eigenvalue weighted by atomic mass is 32.1. The first-order valence-electron chi connectivity index (χ1n) is 8.74. The fourth-order valence-corrected chi connectivity index (χ4v) is 4.70. The van der Waals surface area contributed by atoms with E-state index in [1.54, 1.807) is 0 Å². The molecule has 0 aliphatic carbocycles. The lowest BCUT2D eigenvalue weighted by Gasteiger charge is -2.22. The second-order valence-electron chi connectivity index (χ2n) is 6.46. The summed E-state index contributed by atoms with van der Waals surface area (Å²) in [6, 6.07) is 8.84. The van der Waals surface area contributed by atoms with Crippen molar-refractivity contribution < 1.29 is 0 Å². The van der Waals surface area contributed by atoms with E-state index in [9.17, 15) is 0 Å². The van der Waals surface area contributed by atoms with Gasteiger partial charge in [-0.15, -0.1) is 21.5 Å².